The summed E-state index contributed by atoms with van der Waals surface area (Å²) in [5, 5.41) is 8.15. The molecule has 0 radical (unpaired) electrons. The Hall–Kier alpha value is -1.40. The number of carbonyl (C=O) groups excluding carboxylic acids is 2. The predicted molar refractivity (Wildman–Crippen MR) is 73.4 cm³/mol. The van der Waals surface area contributed by atoms with Gasteiger partial charge in [0, 0.05) is 23.1 Å². The SMILES string of the molecule is CNCC(=O)NCCNC(=O)c1ccc(Br)cc1. The second kappa shape index (κ2) is 7.84. The number of hydrogen-bond donors (Lipinski definition) is 3. The second-order valence-electron chi connectivity index (χ2n) is 3.64. The summed E-state index contributed by atoms with van der Waals surface area (Å²) in [7, 11) is 1.70. The highest BCUT2D eigenvalue weighted by Gasteiger charge is 2.04. The molecular formula is C12H16BrN3O2. The van der Waals surface area contributed by atoms with Crippen LogP contribution in [0.5, 0.6) is 0 Å². The van der Waals surface area contributed by atoms with Crippen molar-refractivity contribution in [2.24, 2.45) is 0 Å². The van der Waals surface area contributed by atoms with Gasteiger partial charge < -0.3 is 16.0 Å². The lowest BCUT2D eigenvalue weighted by Gasteiger charge is -2.07. The van der Waals surface area contributed by atoms with E-state index in [9.17, 15) is 9.59 Å². The van der Waals surface area contributed by atoms with Gasteiger partial charge in [0.05, 0.1) is 6.54 Å². The van der Waals surface area contributed by atoms with E-state index in [0.717, 1.165) is 4.47 Å². The molecule has 0 aliphatic rings. The summed E-state index contributed by atoms with van der Waals surface area (Å²) < 4.78 is 0.929. The van der Waals surface area contributed by atoms with Crippen molar-refractivity contribution in [3.05, 3.63) is 34.3 Å². The van der Waals surface area contributed by atoms with Crippen molar-refractivity contribution in [2.45, 2.75) is 0 Å². The lowest BCUT2D eigenvalue weighted by atomic mass is 10.2. The number of rotatable bonds is 6. The summed E-state index contributed by atoms with van der Waals surface area (Å²) in [5.74, 6) is -0.235. The van der Waals surface area contributed by atoms with Crippen molar-refractivity contribution >= 4 is 27.7 Å². The first kappa shape index (κ1) is 14.7. The molecule has 3 N–H and O–H groups in total. The van der Waals surface area contributed by atoms with Crippen molar-refractivity contribution in [1.29, 1.82) is 0 Å². The number of amides is 2. The summed E-state index contributed by atoms with van der Waals surface area (Å²) in [6.07, 6.45) is 0. The molecule has 1 aromatic carbocycles. The predicted octanol–water partition coefficient (Wildman–Crippen LogP) is 0.514. The molecule has 1 rings (SSSR count). The number of likely N-dealkylation sites (N-methyl/N-ethyl adjacent to an activating group) is 1. The molecule has 0 saturated carbocycles. The number of halogens is 1. The molecule has 0 spiro atoms. The van der Waals surface area contributed by atoms with Gasteiger partial charge >= 0.3 is 0 Å². The minimum absolute atomic E-state index is 0.0876. The van der Waals surface area contributed by atoms with E-state index in [1.54, 1.807) is 19.2 Å². The molecule has 98 valence electrons. The van der Waals surface area contributed by atoms with Gasteiger partial charge in [0.1, 0.15) is 0 Å². The zero-order valence-electron chi connectivity index (χ0n) is 10.1. The average Bonchev–Trinajstić information content (AvgIpc) is 2.35. The van der Waals surface area contributed by atoms with Gasteiger partial charge in [-0.1, -0.05) is 15.9 Å². The Labute approximate surface area is 114 Å². The van der Waals surface area contributed by atoms with E-state index in [-0.39, 0.29) is 18.4 Å². The molecule has 0 saturated heterocycles. The van der Waals surface area contributed by atoms with Gasteiger partial charge in [-0.2, -0.15) is 0 Å². The van der Waals surface area contributed by atoms with Crippen LogP contribution in [0.1, 0.15) is 10.4 Å². The summed E-state index contributed by atoms with van der Waals surface area (Å²) in [4.78, 5) is 22.8. The maximum absolute atomic E-state index is 11.7. The van der Waals surface area contributed by atoms with Crippen LogP contribution >= 0.6 is 15.9 Å². The van der Waals surface area contributed by atoms with E-state index in [2.05, 4.69) is 31.9 Å². The van der Waals surface area contributed by atoms with E-state index in [0.29, 0.717) is 18.7 Å². The molecule has 5 nitrogen and oxygen atoms in total. The Balaban J connectivity index is 2.25. The topological polar surface area (TPSA) is 70.2 Å². The van der Waals surface area contributed by atoms with Gasteiger partial charge in [-0.3, -0.25) is 9.59 Å². The molecule has 1 aromatic rings. The number of benzene rings is 1. The minimum Gasteiger partial charge on any atom is -0.353 e. The molecule has 18 heavy (non-hydrogen) atoms. The van der Waals surface area contributed by atoms with Crippen LogP contribution in [-0.4, -0.2) is 38.5 Å². The average molecular weight is 314 g/mol. The van der Waals surface area contributed by atoms with Crippen LogP contribution in [-0.2, 0) is 4.79 Å². The Morgan fingerprint density at radius 3 is 2.33 bits per heavy atom. The Morgan fingerprint density at radius 2 is 1.72 bits per heavy atom. The Morgan fingerprint density at radius 1 is 1.11 bits per heavy atom. The lowest BCUT2D eigenvalue weighted by molar-refractivity contribution is -0.120. The Bertz CT molecular complexity index is 406. The van der Waals surface area contributed by atoms with Crippen molar-refractivity contribution in [1.82, 2.24) is 16.0 Å². The number of carbonyl (C=O) groups is 2. The first-order valence-electron chi connectivity index (χ1n) is 5.58. The monoisotopic (exact) mass is 313 g/mol. The molecule has 0 unspecified atom stereocenters. The second-order valence-corrected chi connectivity index (χ2v) is 4.56. The third kappa shape index (κ3) is 5.29. The molecule has 0 aliphatic carbocycles. The molecular weight excluding hydrogens is 298 g/mol. The maximum Gasteiger partial charge on any atom is 0.251 e. The zero-order valence-corrected chi connectivity index (χ0v) is 11.7. The van der Waals surface area contributed by atoms with Crippen molar-refractivity contribution < 1.29 is 9.59 Å². The quantitative estimate of drug-likeness (QED) is 0.670. The summed E-state index contributed by atoms with van der Waals surface area (Å²) in [6, 6.07) is 7.09. The Kier molecular flexibility index (Phi) is 6.38. The van der Waals surface area contributed by atoms with Crippen LogP contribution in [0.15, 0.2) is 28.7 Å². The van der Waals surface area contributed by atoms with Crippen molar-refractivity contribution in [2.75, 3.05) is 26.7 Å². The van der Waals surface area contributed by atoms with E-state index >= 15 is 0 Å². The van der Waals surface area contributed by atoms with E-state index < -0.39 is 0 Å². The third-order valence-corrected chi connectivity index (χ3v) is 2.71. The van der Waals surface area contributed by atoms with Gasteiger partial charge in [-0.25, -0.2) is 0 Å². The van der Waals surface area contributed by atoms with E-state index in [1.807, 2.05) is 12.1 Å². The zero-order chi connectivity index (χ0) is 13.4. The van der Waals surface area contributed by atoms with Crippen LogP contribution in [0.3, 0.4) is 0 Å². The van der Waals surface area contributed by atoms with E-state index in [4.69, 9.17) is 0 Å². The highest BCUT2D eigenvalue weighted by atomic mass is 79.9. The van der Waals surface area contributed by atoms with Crippen LogP contribution in [0.25, 0.3) is 0 Å². The number of nitrogens with one attached hydrogen (secondary N) is 3. The fourth-order valence-corrected chi connectivity index (χ4v) is 1.57. The van der Waals surface area contributed by atoms with Crippen LogP contribution in [0.2, 0.25) is 0 Å². The van der Waals surface area contributed by atoms with Gasteiger partial charge in [0.2, 0.25) is 5.91 Å². The largest absolute Gasteiger partial charge is 0.353 e. The van der Waals surface area contributed by atoms with Crippen molar-refractivity contribution in [3.8, 4) is 0 Å². The smallest absolute Gasteiger partial charge is 0.251 e. The standard InChI is InChI=1S/C12H16BrN3O2/c1-14-8-11(17)15-6-7-16-12(18)9-2-4-10(13)5-3-9/h2-5,14H,6-8H2,1H3,(H,15,17)(H,16,18). The fourth-order valence-electron chi connectivity index (χ4n) is 1.30. The normalized spacial score (nSPS) is 9.89. The van der Waals surface area contributed by atoms with Gasteiger partial charge in [0.15, 0.2) is 0 Å². The lowest BCUT2D eigenvalue weighted by Crippen LogP contribution is -2.38. The highest BCUT2D eigenvalue weighted by molar-refractivity contribution is 9.10. The molecule has 0 aliphatic heterocycles. The maximum atomic E-state index is 11.7. The fraction of sp³-hybridized carbons (Fsp3) is 0.333. The summed E-state index contributed by atoms with van der Waals surface area (Å²) in [6.45, 7) is 1.10. The van der Waals surface area contributed by atoms with Crippen LogP contribution in [0, 0.1) is 0 Å². The van der Waals surface area contributed by atoms with E-state index in [1.165, 1.54) is 0 Å². The molecule has 0 fully saturated rings. The number of hydrogen-bond acceptors (Lipinski definition) is 3. The third-order valence-electron chi connectivity index (χ3n) is 2.18. The molecule has 6 heteroatoms. The van der Waals surface area contributed by atoms with Crippen molar-refractivity contribution in [3.63, 3.8) is 0 Å². The molecule has 0 aromatic heterocycles. The molecule has 0 heterocycles. The summed E-state index contributed by atoms with van der Waals surface area (Å²) in [5.41, 5.74) is 0.597. The van der Waals surface area contributed by atoms with Gasteiger partial charge in [0.25, 0.3) is 5.91 Å². The molecule has 0 atom stereocenters. The highest BCUT2D eigenvalue weighted by Crippen LogP contribution is 2.10. The molecule has 2 amide bonds. The first-order chi connectivity index (χ1) is 8.63. The van der Waals surface area contributed by atoms with Gasteiger partial charge in [-0.05, 0) is 31.3 Å². The summed E-state index contributed by atoms with van der Waals surface area (Å²) >= 11 is 3.30. The van der Waals surface area contributed by atoms with Gasteiger partial charge in [-0.15, -0.1) is 0 Å². The first-order valence-corrected chi connectivity index (χ1v) is 6.38. The van der Waals surface area contributed by atoms with Crippen LogP contribution in [0.4, 0.5) is 0 Å². The van der Waals surface area contributed by atoms with Crippen LogP contribution < -0.4 is 16.0 Å². The minimum atomic E-state index is -0.148. The molecule has 0 bridgehead atoms.